The highest BCUT2D eigenvalue weighted by Gasteiger charge is 2.07. The highest BCUT2D eigenvalue weighted by molar-refractivity contribution is 7.99. The lowest BCUT2D eigenvalue weighted by Crippen LogP contribution is -2.18. The van der Waals surface area contributed by atoms with E-state index in [-0.39, 0.29) is 11.7 Å². The molecule has 1 aromatic carbocycles. The number of thioether (sulfide) groups is 1. The topological polar surface area (TPSA) is 50.2 Å². The first-order valence-electron chi connectivity index (χ1n) is 7.39. The van der Waals surface area contributed by atoms with Gasteiger partial charge in [-0.05, 0) is 26.2 Å². The minimum atomic E-state index is -0.250. The lowest BCUT2D eigenvalue weighted by molar-refractivity contribution is -0.115. The predicted molar refractivity (Wildman–Crippen MR) is 91.2 cm³/mol. The molecule has 7 heteroatoms. The molecule has 23 heavy (non-hydrogen) atoms. The number of carbonyl (C=O) groups excluding carboxylic acids is 1. The molecule has 0 aliphatic rings. The van der Waals surface area contributed by atoms with Gasteiger partial charge in [-0.25, -0.2) is 4.39 Å². The zero-order chi connectivity index (χ0) is 16.7. The van der Waals surface area contributed by atoms with Gasteiger partial charge in [0.25, 0.3) is 0 Å². The Hall–Kier alpha value is -1.86. The number of anilines is 1. The van der Waals surface area contributed by atoms with E-state index >= 15 is 0 Å². The molecule has 0 saturated heterocycles. The van der Waals surface area contributed by atoms with Crippen LogP contribution in [0.25, 0.3) is 0 Å². The monoisotopic (exact) mass is 336 g/mol. The highest BCUT2D eigenvalue weighted by Crippen LogP contribution is 2.21. The average Bonchev–Trinajstić information content (AvgIpc) is 2.94. The summed E-state index contributed by atoms with van der Waals surface area (Å²) in [5, 5.41) is 7.01. The van der Waals surface area contributed by atoms with Crippen LogP contribution in [0, 0.1) is 5.82 Å². The molecule has 2 aromatic rings. The summed E-state index contributed by atoms with van der Waals surface area (Å²) in [6, 6.07) is 6.57. The number of halogens is 1. The molecule has 5 nitrogen and oxygen atoms in total. The maximum atomic E-state index is 13.5. The van der Waals surface area contributed by atoms with Crippen LogP contribution in [-0.4, -0.2) is 47.0 Å². The molecule has 2 rings (SSSR count). The molecule has 1 aromatic heterocycles. The van der Waals surface area contributed by atoms with Crippen molar-refractivity contribution in [1.82, 2.24) is 14.7 Å². The number of nitrogens with one attached hydrogen (secondary N) is 1. The molecule has 1 heterocycles. The molecular formula is C16H21FN4OS. The van der Waals surface area contributed by atoms with Crippen molar-refractivity contribution in [3.8, 4) is 0 Å². The van der Waals surface area contributed by atoms with Gasteiger partial charge in [-0.15, -0.1) is 11.8 Å². The van der Waals surface area contributed by atoms with Gasteiger partial charge in [0, 0.05) is 29.8 Å². The summed E-state index contributed by atoms with van der Waals surface area (Å²) in [6.07, 6.45) is 3.77. The molecule has 1 amide bonds. The Morgan fingerprint density at radius 2 is 2.17 bits per heavy atom. The normalized spacial score (nSPS) is 11.0. The summed E-state index contributed by atoms with van der Waals surface area (Å²) in [4.78, 5) is 14.5. The van der Waals surface area contributed by atoms with Gasteiger partial charge in [-0.3, -0.25) is 9.48 Å². The number of aromatic nitrogens is 2. The first-order chi connectivity index (χ1) is 11.0. The Balaban J connectivity index is 1.73. The van der Waals surface area contributed by atoms with Gasteiger partial charge in [0.2, 0.25) is 5.91 Å². The van der Waals surface area contributed by atoms with Gasteiger partial charge >= 0.3 is 0 Å². The molecular weight excluding hydrogens is 315 g/mol. The number of carbonyl (C=O) groups is 1. The largest absolute Gasteiger partial charge is 0.323 e. The SMILES string of the molecule is CN(C)CCn1cc(NC(=O)CCSc2ccccc2F)cn1. The van der Waals surface area contributed by atoms with Gasteiger partial charge in [0.15, 0.2) is 0 Å². The average molecular weight is 336 g/mol. The van der Waals surface area contributed by atoms with Crippen molar-refractivity contribution >= 4 is 23.4 Å². The predicted octanol–water partition coefficient (Wildman–Crippen LogP) is 2.70. The van der Waals surface area contributed by atoms with Crippen molar-refractivity contribution in [2.24, 2.45) is 0 Å². The summed E-state index contributed by atoms with van der Waals surface area (Å²) in [5.41, 5.74) is 0.685. The van der Waals surface area contributed by atoms with E-state index in [1.54, 1.807) is 29.1 Å². The van der Waals surface area contributed by atoms with Gasteiger partial charge in [0.1, 0.15) is 5.82 Å². The summed E-state index contributed by atoms with van der Waals surface area (Å²) >= 11 is 1.34. The Morgan fingerprint density at radius 1 is 1.39 bits per heavy atom. The number of nitrogens with zero attached hydrogens (tertiary/aromatic N) is 3. The van der Waals surface area contributed by atoms with Gasteiger partial charge in [0.05, 0.1) is 18.4 Å². The van der Waals surface area contributed by atoms with Gasteiger partial charge in [-0.2, -0.15) is 5.10 Å². The molecule has 0 aliphatic heterocycles. The molecule has 124 valence electrons. The second-order valence-corrected chi connectivity index (χ2v) is 6.51. The molecule has 0 saturated carbocycles. The first-order valence-corrected chi connectivity index (χ1v) is 8.37. The van der Waals surface area contributed by atoms with E-state index in [4.69, 9.17) is 0 Å². The Labute approximate surface area is 139 Å². The number of hydrogen-bond acceptors (Lipinski definition) is 4. The van der Waals surface area contributed by atoms with Crippen LogP contribution in [-0.2, 0) is 11.3 Å². The third kappa shape index (κ3) is 6.03. The van der Waals surface area contributed by atoms with Crippen LogP contribution in [0.3, 0.4) is 0 Å². The summed E-state index contributed by atoms with van der Waals surface area (Å²) < 4.78 is 15.3. The first kappa shape index (κ1) is 17.5. The molecule has 1 N–H and O–H groups in total. The fraction of sp³-hybridized carbons (Fsp3) is 0.375. The van der Waals surface area contributed by atoms with E-state index in [1.165, 1.54) is 17.8 Å². The van der Waals surface area contributed by atoms with Crippen molar-refractivity contribution < 1.29 is 9.18 Å². The molecule has 0 aliphatic carbocycles. The zero-order valence-electron chi connectivity index (χ0n) is 13.3. The van der Waals surface area contributed by atoms with Crippen molar-refractivity contribution in [1.29, 1.82) is 0 Å². The summed E-state index contributed by atoms with van der Waals surface area (Å²) in [5.74, 6) is 0.183. The third-order valence-electron chi connectivity index (χ3n) is 3.12. The van der Waals surface area contributed by atoms with Crippen LogP contribution in [0.5, 0.6) is 0 Å². The zero-order valence-corrected chi connectivity index (χ0v) is 14.1. The van der Waals surface area contributed by atoms with Crippen molar-refractivity contribution in [3.63, 3.8) is 0 Å². The third-order valence-corrected chi connectivity index (χ3v) is 4.17. The fourth-order valence-electron chi connectivity index (χ4n) is 1.89. The maximum absolute atomic E-state index is 13.5. The molecule has 0 fully saturated rings. The van der Waals surface area contributed by atoms with Crippen molar-refractivity contribution in [2.75, 3.05) is 31.7 Å². The van der Waals surface area contributed by atoms with E-state index in [0.29, 0.717) is 22.8 Å². The molecule has 0 unspecified atom stereocenters. The second kappa shape index (κ2) is 8.69. The van der Waals surface area contributed by atoms with Crippen LogP contribution in [0.15, 0.2) is 41.6 Å². The molecule has 0 radical (unpaired) electrons. The Bertz CT molecular complexity index is 645. The molecule has 0 bridgehead atoms. The second-order valence-electron chi connectivity index (χ2n) is 5.37. The lowest BCUT2D eigenvalue weighted by Gasteiger charge is -2.08. The highest BCUT2D eigenvalue weighted by atomic mass is 32.2. The van der Waals surface area contributed by atoms with E-state index in [9.17, 15) is 9.18 Å². The van der Waals surface area contributed by atoms with Crippen molar-refractivity contribution in [3.05, 3.63) is 42.5 Å². The Morgan fingerprint density at radius 3 is 2.91 bits per heavy atom. The minimum Gasteiger partial charge on any atom is -0.323 e. The van der Waals surface area contributed by atoms with Crippen molar-refractivity contribution in [2.45, 2.75) is 17.9 Å². The van der Waals surface area contributed by atoms with E-state index in [1.807, 2.05) is 20.3 Å². The van der Waals surface area contributed by atoms with Crippen LogP contribution < -0.4 is 5.32 Å². The number of amides is 1. The van der Waals surface area contributed by atoms with Crippen LogP contribution >= 0.6 is 11.8 Å². The standard InChI is InChI=1S/C16H21FN4OS/c1-20(2)8-9-21-12-13(11-18-21)19-16(22)7-10-23-15-6-4-3-5-14(15)17/h3-6,11-12H,7-10H2,1-2H3,(H,19,22). The van der Waals surface area contributed by atoms with E-state index in [0.717, 1.165) is 13.1 Å². The minimum absolute atomic E-state index is 0.0963. The number of rotatable bonds is 8. The Kier molecular flexibility index (Phi) is 6.61. The number of hydrogen-bond donors (Lipinski definition) is 1. The molecule has 0 atom stereocenters. The van der Waals surface area contributed by atoms with Gasteiger partial charge in [-0.1, -0.05) is 12.1 Å². The van der Waals surface area contributed by atoms with E-state index in [2.05, 4.69) is 15.3 Å². The summed E-state index contributed by atoms with van der Waals surface area (Å²) in [7, 11) is 4.00. The smallest absolute Gasteiger partial charge is 0.225 e. The quantitative estimate of drug-likeness (QED) is 0.753. The lowest BCUT2D eigenvalue weighted by atomic mass is 10.3. The van der Waals surface area contributed by atoms with E-state index < -0.39 is 0 Å². The van der Waals surface area contributed by atoms with Crippen LogP contribution in [0.2, 0.25) is 0 Å². The maximum Gasteiger partial charge on any atom is 0.225 e. The molecule has 0 spiro atoms. The fourth-order valence-corrected chi connectivity index (χ4v) is 2.78. The number of benzene rings is 1. The van der Waals surface area contributed by atoms with Gasteiger partial charge < -0.3 is 10.2 Å². The summed E-state index contributed by atoms with van der Waals surface area (Å²) in [6.45, 7) is 1.65. The van der Waals surface area contributed by atoms with Crippen LogP contribution in [0.1, 0.15) is 6.42 Å². The number of likely N-dealkylation sites (N-methyl/N-ethyl adjacent to an activating group) is 1. The van der Waals surface area contributed by atoms with Crippen LogP contribution in [0.4, 0.5) is 10.1 Å².